The first-order chi connectivity index (χ1) is 9.56. The van der Waals surface area contributed by atoms with Crippen molar-refractivity contribution >= 4 is 5.91 Å². The molecule has 1 fully saturated rings. The van der Waals surface area contributed by atoms with Crippen LogP contribution in [-0.2, 0) is 11.3 Å². The van der Waals surface area contributed by atoms with Gasteiger partial charge in [0, 0.05) is 32.7 Å². The Balaban J connectivity index is 1.89. The van der Waals surface area contributed by atoms with Crippen molar-refractivity contribution in [2.75, 3.05) is 26.2 Å². The maximum Gasteiger partial charge on any atom is 0.239 e. The number of rotatable bonds is 3. The molecule has 2 N–H and O–H groups in total. The van der Waals surface area contributed by atoms with Crippen LogP contribution >= 0.6 is 0 Å². The third-order valence-corrected chi connectivity index (χ3v) is 3.61. The molecule has 110 valence electrons. The minimum absolute atomic E-state index is 0.0219. The summed E-state index contributed by atoms with van der Waals surface area (Å²) in [5.41, 5.74) is 6.75. The molecule has 2 rings (SSSR count). The molecule has 0 radical (unpaired) electrons. The van der Waals surface area contributed by atoms with Crippen molar-refractivity contribution in [1.29, 1.82) is 0 Å². The lowest BCUT2D eigenvalue weighted by Gasteiger charge is -2.23. The molecule has 5 heteroatoms. The van der Waals surface area contributed by atoms with E-state index in [0.29, 0.717) is 6.54 Å². The minimum atomic E-state index is -0.432. The van der Waals surface area contributed by atoms with E-state index >= 15 is 0 Å². The number of hydrogen-bond acceptors (Lipinski definition) is 3. The highest BCUT2D eigenvalue weighted by Gasteiger charge is 2.21. The molecule has 0 saturated carbocycles. The Bertz CT molecular complexity index is 447. The molecule has 0 unspecified atom stereocenters. The average Bonchev–Trinajstić information content (AvgIpc) is 2.66. The van der Waals surface area contributed by atoms with E-state index in [0.717, 1.165) is 38.2 Å². The molecule has 1 aliphatic rings. The molecule has 0 spiro atoms. The Morgan fingerprint density at radius 2 is 1.95 bits per heavy atom. The van der Waals surface area contributed by atoms with Gasteiger partial charge in [0.15, 0.2) is 0 Å². The molecular formula is C15H22FN3O. The van der Waals surface area contributed by atoms with Crippen LogP contribution in [0, 0.1) is 5.82 Å². The summed E-state index contributed by atoms with van der Waals surface area (Å²) in [5.74, 6) is -0.188. The van der Waals surface area contributed by atoms with E-state index in [1.54, 1.807) is 6.92 Å². The first-order valence-corrected chi connectivity index (χ1v) is 7.07. The van der Waals surface area contributed by atoms with E-state index in [1.807, 2.05) is 17.0 Å². The Labute approximate surface area is 119 Å². The van der Waals surface area contributed by atoms with Crippen molar-refractivity contribution in [1.82, 2.24) is 9.80 Å². The van der Waals surface area contributed by atoms with Crippen LogP contribution in [-0.4, -0.2) is 47.9 Å². The summed E-state index contributed by atoms with van der Waals surface area (Å²) in [5, 5.41) is 0. The molecule has 1 amide bonds. The van der Waals surface area contributed by atoms with Crippen LogP contribution in [0.1, 0.15) is 18.9 Å². The van der Waals surface area contributed by atoms with Crippen LogP contribution in [0.15, 0.2) is 24.3 Å². The second-order valence-corrected chi connectivity index (χ2v) is 5.37. The first kappa shape index (κ1) is 14.9. The zero-order valence-corrected chi connectivity index (χ0v) is 11.9. The normalized spacial score (nSPS) is 18.6. The number of hydrogen-bond donors (Lipinski definition) is 1. The first-order valence-electron chi connectivity index (χ1n) is 7.07. The number of halogens is 1. The van der Waals surface area contributed by atoms with E-state index in [-0.39, 0.29) is 11.7 Å². The molecule has 0 aliphatic carbocycles. The summed E-state index contributed by atoms with van der Waals surface area (Å²) < 4.78 is 12.9. The minimum Gasteiger partial charge on any atom is -0.340 e. The topological polar surface area (TPSA) is 49.6 Å². The van der Waals surface area contributed by atoms with E-state index in [1.165, 1.54) is 12.1 Å². The van der Waals surface area contributed by atoms with E-state index < -0.39 is 6.04 Å². The number of nitrogens with two attached hydrogens (primary N) is 1. The summed E-state index contributed by atoms with van der Waals surface area (Å²) in [4.78, 5) is 16.0. The van der Waals surface area contributed by atoms with Crippen LogP contribution in [0.25, 0.3) is 0 Å². The third-order valence-electron chi connectivity index (χ3n) is 3.61. The molecule has 0 aromatic heterocycles. The standard InChI is InChI=1S/C15H22FN3O/c1-12(17)15(20)19-8-2-7-18(9-10-19)11-13-3-5-14(16)6-4-13/h3-6,12H,2,7-11,17H2,1H3/t12-/m1/s1. The van der Waals surface area contributed by atoms with Gasteiger partial charge >= 0.3 is 0 Å². The molecule has 1 atom stereocenters. The van der Waals surface area contributed by atoms with Crippen LogP contribution in [0.4, 0.5) is 4.39 Å². The lowest BCUT2D eigenvalue weighted by atomic mass is 10.2. The molecule has 1 aromatic carbocycles. The lowest BCUT2D eigenvalue weighted by molar-refractivity contribution is -0.132. The maximum atomic E-state index is 12.9. The quantitative estimate of drug-likeness (QED) is 0.904. The van der Waals surface area contributed by atoms with E-state index in [2.05, 4.69) is 4.90 Å². The summed E-state index contributed by atoms with van der Waals surface area (Å²) in [6, 6.07) is 6.16. The Hall–Kier alpha value is -1.46. The average molecular weight is 279 g/mol. The SMILES string of the molecule is C[C@@H](N)C(=O)N1CCCN(Cc2ccc(F)cc2)CC1. The Morgan fingerprint density at radius 3 is 2.60 bits per heavy atom. The molecule has 20 heavy (non-hydrogen) atoms. The van der Waals surface area contributed by atoms with Gasteiger partial charge in [-0.15, -0.1) is 0 Å². The third kappa shape index (κ3) is 4.02. The fraction of sp³-hybridized carbons (Fsp3) is 0.533. The van der Waals surface area contributed by atoms with Gasteiger partial charge in [-0.1, -0.05) is 12.1 Å². The molecule has 4 nitrogen and oxygen atoms in total. The molecule has 1 aliphatic heterocycles. The van der Waals surface area contributed by atoms with Gasteiger partial charge in [0.05, 0.1) is 6.04 Å². The van der Waals surface area contributed by atoms with Gasteiger partial charge in [-0.3, -0.25) is 9.69 Å². The summed E-state index contributed by atoms with van der Waals surface area (Å²) in [6.45, 7) is 5.77. The van der Waals surface area contributed by atoms with Gasteiger partial charge in [-0.25, -0.2) is 4.39 Å². The maximum absolute atomic E-state index is 12.9. The summed E-state index contributed by atoms with van der Waals surface area (Å²) in [6.07, 6.45) is 0.944. The second-order valence-electron chi connectivity index (χ2n) is 5.37. The lowest BCUT2D eigenvalue weighted by Crippen LogP contribution is -2.43. The van der Waals surface area contributed by atoms with Crippen molar-refractivity contribution < 1.29 is 9.18 Å². The predicted molar refractivity (Wildman–Crippen MR) is 76.5 cm³/mol. The Morgan fingerprint density at radius 1 is 1.25 bits per heavy atom. The molecule has 0 bridgehead atoms. The van der Waals surface area contributed by atoms with Crippen molar-refractivity contribution in [3.8, 4) is 0 Å². The van der Waals surface area contributed by atoms with Crippen LogP contribution in [0.2, 0.25) is 0 Å². The number of carbonyl (C=O) groups excluding carboxylic acids is 1. The van der Waals surface area contributed by atoms with E-state index in [9.17, 15) is 9.18 Å². The van der Waals surface area contributed by atoms with Gasteiger partial charge in [0.2, 0.25) is 5.91 Å². The number of amides is 1. The summed E-state index contributed by atoms with van der Waals surface area (Å²) >= 11 is 0. The monoisotopic (exact) mass is 279 g/mol. The Kier molecular flexibility index (Phi) is 5.09. The number of nitrogens with zero attached hydrogens (tertiary/aromatic N) is 2. The highest BCUT2D eigenvalue weighted by Crippen LogP contribution is 2.10. The zero-order chi connectivity index (χ0) is 14.5. The smallest absolute Gasteiger partial charge is 0.239 e. The van der Waals surface area contributed by atoms with Gasteiger partial charge in [-0.05, 0) is 31.0 Å². The molecule has 1 aromatic rings. The zero-order valence-electron chi connectivity index (χ0n) is 11.9. The van der Waals surface area contributed by atoms with Gasteiger partial charge in [-0.2, -0.15) is 0 Å². The van der Waals surface area contributed by atoms with Crippen molar-refractivity contribution in [3.05, 3.63) is 35.6 Å². The van der Waals surface area contributed by atoms with Crippen LogP contribution in [0.5, 0.6) is 0 Å². The molecule has 1 heterocycles. The van der Waals surface area contributed by atoms with Crippen LogP contribution < -0.4 is 5.73 Å². The van der Waals surface area contributed by atoms with Crippen molar-refractivity contribution in [2.24, 2.45) is 5.73 Å². The summed E-state index contributed by atoms with van der Waals surface area (Å²) in [7, 11) is 0. The largest absolute Gasteiger partial charge is 0.340 e. The van der Waals surface area contributed by atoms with Gasteiger partial charge in [0.25, 0.3) is 0 Å². The van der Waals surface area contributed by atoms with Crippen LogP contribution in [0.3, 0.4) is 0 Å². The highest BCUT2D eigenvalue weighted by atomic mass is 19.1. The van der Waals surface area contributed by atoms with Crippen molar-refractivity contribution in [2.45, 2.75) is 25.9 Å². The van der Waals surface area contributed by atoms with Crippen molar-refractivity contribution in [3.63, 3.8) is 0 Å². The van der Waals surface area contributed by atoms with Gasteiger partial charge < -0.3 is 10.6 Å². The molecule has 1 saturated heterocycles. The second kappa shape index (κ2) is 6.81. The number of carbonyl (C=O) groups is 1. The fourth-order valence-electron chi connectivity index (χ4n) is 2.49. The predicted octanol–water partition coefficient (Wildman–Crippen LogP) is 1.21. The fourth-order valence-corrected chi connectivity index (χ4v) is 2.49. The molecular weight excluding hydrogens is 257 g/mol. The van der Waals surface area contributed by atoms with Gasteiger partial charge in [0.1, 0.15) is 5.82 Å². The van der Waals surface area contributed by atoms with E-state index in [4.69, 9.17) is 5.73 Å². The highest BCUT2D eigenvalue weighted by molar-refractivity contribution is 5.81. The number of benzene rings is 1.